The Morgan fingerprint density at radius 2 is 1.94 bits per heavy atom. The Bertz CT molecular complexity index is 398. The Kier molecular flexibility index (Phi) is 4.07. The molecule has 92 valence electrons. The van der Waals surface area contributed by atoms with Gasteiger partial charge in [-0.15, -0.1) is 6.58 Å². The molecule has 1 atom stereocenters. The van der Waals surface area contributed by atoms with Gasteiger partial charge in [-0.1, -0.05) is 18.2 Å². The molecule has 0 radical (unpaired) electrons. The molecule has 3 nitrogen and oxygen atoms in total. The second-order valence-electron chi connectivity index (χ2n) is 4.48. The van der Waals surface area contributed by atoms with Gasteiger partial charge in [0.25, 0.3) is 0 Å². The average molecular weight is 234 g/mol. The highest BCUT2D eigenvalue weighted by atomic mass is 16.5. The van der Waals surface area contributed by atoms with Crippen LogP contribution in [-0.2, 0) is 4.74 Å². The van der Waals surface area contributed by atoms with Gasteiger partial charge in [-0.3, -0.25) is 0 Å². The van der Waals surface area contributed by atoms with Gasteiger partial charge in [0.15, 0.2) is 0 Å². The highest BCUT2D eigenvalue weighted by molar-refractivity contribution is 5.89. The van der Waals surface area contributed by atoms with E-state index in [1.165, 1.54) is 7.11 Å². The molecule has 0 spiro atoms. The third kappa shape index (κ3) is 3.17. The number of carbonyl (C=O) groups excluding carboxylic acids is 1. The highest BCUT2D eigenvalue weighted by Gasteiger charge is 2.25. The number of hydrogen-bond donors (Lipinski definition) is 1. The quantitative estimate of drug-likeness (QED) is 0.643. The molecule has 0 aliphatic rings. The lowest BCUT2D eigenvalue weighted by molar-refractivity contribution is 0.0600. The predicted molar refractivity (Wildman–Crippen MR) is 67.0 cm³/mol. The van der Waals surface area contributed by atoms with E-state index in [0.717, 1.165) is 5.56 Å². The summed E-state index contributed by atoms with van der Waals surface area (Å²) in [7, 11) is 1.35. The van der Waals surface area contributed by atoms with Crippen molar-refractivity contribution in [2.75, 3.05) is 7.11 Å². The van der Waals surface area contributed by atoms with E-state index in [9.17, 15) is 9.90 Å². The molecule has 0 amide bonds. The predicted octanol–water partition coefficient (Wildman–Crippen LogP) is 2.51. The van der Waals surface area contributed by atoms with E-state index in [0.29, 0.717) is 5.56 Å². The molecule has 0 aliphatic heterocycles. The van der Waals surface area contributed by atoms with Gasteiger partial charge in [0, 0.05) is 5.92 Å². The van der Waals surface area contributed by atoms with Crippen molar-refractivity contribution in [3.63, 3.8) is 0 Å². The van der Waals surface area contributed by atoms with E-state index in [-0.39, 0.29) is 11.9 Å². The summed E-state index contributed by atoms with van der Waals surface area (Å²) in [6.45, 7) is 7.19. The van der Waals surface area contributed by atoms with Gasteiger partial charge in [0.05, 0.1) is 18.3 Å². The first-order chi connectivity index (χ1) is 7.90. The van der Waals surface area contributed by atoms with Crippen LogP contribution in [0.15, 0.2) is 36.9 Å². The summed E-state index contributed by atoms with van der Waals surface area (Å²) in [4.78, 5) is 11.3. The molecule has 1 aromatic carbocycles. The second kappa shape index (κ2) is 5.15. The Hall–Kier alpha value is -1.61. The fourth-order valence-electron chi connectivity index (χ4n) is 1.78. The minimum Gasteiger partial charge on any atom is -0.465 e. The van der Waals surface area contributed by atoms with E-state index in [1.54, 1.807) is 44.2 Å². The molecule has 1 rings (SSSR count). The first kappa shape index (κ1) is 13.5. The normalized spacial score (nSPS) is 12.9. The minimum absolute atomic E-state index is 0.172. The average Bonchev–Trinajstić information content (AvgIpc) is 2.28. The second-order valence-corrected chi connectivity index (χ2v) is 4.48. The third-order valence-electron chi connectivity index (χ3n) is 2.69. The Morgan fingerprint density at radius 1 is 1.41 bits per heavy atom. The Morgan fingerprint density at radius 3 is 2.29 bits per heavy atom. The molecular formula is C14H18O3. The van der Waals surface area contributed by atoms with Crippen LogP contribution in [0.25, 0.3) is 0 Å². The van der Waals surface area contributed by atoms with E-state index >= 15 is 0 Å². The van der Waals surface area contributed by atoms with Gasteiger partial charge in [-0.2, -0.15) is 0 Å². The molecule has 1 N–H and O–H groups in total. The molecular weight excluding hydrogens is 216 g/mol. The lowest BCUT2D eigenvalue weighted by Gasteiger charge is -2.27. The van der Waals surface area contributed by atoms with Crippen molar-refractivity contribution in [3.05, 3.63) is 48.0 Å². The van der Waals surface area contributed by atoms with Crippen molar-refractivity contribution in [2.45, 2.75) is 25.4 Å². The summed E-state index contributed by atoms with van der Waals surface area (Å²) in [6, 6.07) is 6.97. The van der Waals surface area contributed by atoms with Gasteiger partial charge in [0.1, 0.15) is 0 Å². The van der Waals surface area contributed by atoms with Gasteiger partial charge in [0.2, 0.25) is 0 Å². The molecule has 0 aromatic heterocycles. The van der Waals surface area contributed by atoms with Crippen LogP contribution in [0.4, 0.5) is 0 Å². The maximum absolute atomic E-state index is 11.3. The standard InChI is InChI=1S/C14H18O3/c1-5-12(14(2,3)16)10-6-8-11(9-7-10)13(15)17-4/h5-9,12,16H,1H2,2-4H3. The topological polar surface area (TPSA) is 46.5 Å². The summed E-state index contributed by atoms with van der Waals surface area (Å²) in [6.07, 6.45) is 1.70. The molecule has 0 bridgehead atoms. The molecule has 3 heteroatoms. The van der Waals surface area contributed by atoms with Crippen LogP contribution >= 0.6 is 0 Å². The van der Waals surface area contributed by atoms with Gasteiger partial charge in [-0.05, 0) is 31.5 Å². The van der Waals surface area contributed by atoms with E-state index in [1.807, 2.05) is 0 Å². The minimum atomic E-state index is -0.880. The van der Waals surface area contributed by atoms with Crippen molar-refractivity contribution >= 4 is 5.97 Å². The van der Waals surface area contributed by atoms with E-state index in [2.05, 4.69) is 11.3 Å². The molecule has 0 saturated carbocycles. The number of carbonyl (C=O) groups is 1. The SMILES string of the molecule is C=CC(c1ccc(C(=O)OC)cc1)C(C)(C)O. The number of esters is 1. The number of aliphatic hydroxyl groups is 1. The molecule has 0 fully saturated rings. The van der Waals surface area contributed by atoms with Crippen LogP contribution in [0, 0.1) is 0 Å². The molecule has 1 unspecified atom stereocenters. The zero-order valence-corrected chi connectivity index (χ0v) is 10.4. The van der Waals surface area contributed by atoms with Crippen molar-refractivity contribution < 1.29 is 14.6 Å². The Balaban J connectivity index is 3.01. The molecule has 1 aromatic rings. The summed E-state index contributed by atoms with van der Waals surface area (Å²) in [5.74, 6) is -0.538. The van der Waals surface area contributed by atoms with Gasteiger partial charge >= 0.3 is 5.97 Å². The summed E-state index contributed by atoms with van der Waals surface area (Å²) in [5.41, 5.74) is 0.532. The van der Waals surface area contributed by atoms with E-state index in [4.69, 9.17) is 0 Å². The van der Waals surface area contributed by atoms with Crippen LogP contribution < -0.4 is 0 Å². The van der Waals surface area contributed by atoms with Crippen LogP contribution in [-0.4, -0.2) is 23.8 Å². The monoisotopic (exact) mass is 234 g/mol. The summed E-state index contributed by atoms with van der Waals surface area (Å²) < 4.78 is 4.62. The Labute approximate surface area is 102 Å². The van der Waals surface area contributed by atoms with Gasteiger partial charge in [-0.25, -0.2) is 4.79 Å². The zero-order chi connectivity index (χ0) is 13.1. The number of methoxy groups -OCH3 is 1. The smallest absolute Gasteiger partial charge is 0.337 e. The van der Waals surface area contributed by atoms with Crippen molar-refractivity contribution in [1.29, 1.82) is 0 Å². The number of hydrogen-bond acceptors (Lipinski definition) is 3. The molecule has 17 heavy (non-hydrogen) atoms. The molecule has 0 heterocycles. The van der Waals surface area contributed by atoms with Crippen LogP contribution in [0.3, 0.4) is 0 Å². The lowest BCUT2D eigenvalue weighted by atomic mass is 9.84. The maximum Gasteiger partial charge on any atom is 0.337 e. The van der Waals surface area contributed by atoms with Crippen molar-refractivity contribution in [3.8, 4) is 0 Å². The molecule has 0 saturated heterocycles. The molecule has 0 aliphatic carbocycles. The number of rotatable bonds is 4. The summed E-state index contributed by atoms with van der Waals surface area (Å²) >= 11 is 0. The largest absolute Gasteiger partial charge is 0.465 e. The van der Waals surface area contributed by atoms with Crippen molar-refractivity contribution in [1.82, 2.24) is 0 Å². The van der Waals surface area contributed by atoms with Gasteiger partial charge < -0.3 is 9.84 Å². The summed E-state index contributed by atoms with van der Waals surface area (Å²) in [5, 5.41) is 9.99. The van der Waals surface area contributed by atoms with Crippen LogP contribution in [0.2, 0.25) is 0 Å². The van der Waals surface area contributed by atoms with Crippen LogP contribution in [0.1, 0.15) is 35.7 Å². The highest BCUT2D eigenvalue weighted by Crippen LogP contribution is 2.29. The van der Waals surface area contributed by atoms with E-state index < -0.39 is 5.60 Å². The fourth-order valence-corrected chi connectivity index (χ4v) is 1.78. The number of ether oxygens (including phenoxy) is 1. The first-order valence-corrected chi connectivity index (χ1v) is 5.43. The van der Waals surface area contributed by atoms with Crippen LogP contribution in [0.5, 0.6) is 0 Å². The fraction of sp³-hybridized carbons (Fsp3) is 0.357. The first-order valence-electron chi connectivity index (χ1n) is 5.43. The number of benzene rings is 1. The van der Waals surface area contributed by atoms with Crippen molar-refractivity contribution in [2.24, 2.45) is 0 Å². The zero-order valence-electron chi connectivity index (χ0n) is 10.4. The third-order valence-corrected chi connectivity index (χ3v) is 2.69. The lowest BCUT2D eigenvalue weighted by Crippen LogP contribution is -2.27. The maximum atomic E-state index is 11.3.